The van der Waals surface area contributed by atoms with Crippen LogP contribution in [-0.2, 0) is 16.8 Å². The van der Waals surface area contributed by atoms with Crippen molar-refractivity contribution in [1.82, 2.24) is 19.9 Å². The lowest BCUT2D eigenvalue weighted by Crippen LogP contribution is -2.54. The number of hydrogen-bond donors (Lipinski definition) is 2. The second-order valence-corrected chi connectivity index (χ2v) is 27.2. The molecule has 2 aliphatic rings. The van der Waals surface area contributed by atoms with Crippen molar-refractivity contribution in [3.63, 3.8) is 0 Å². The lowest BCUT2D eigenvalue weighted by atomic mass is 9.84. The molecule has 1 fully saturated rings. The number of nitrogens with zero attached hydrogens (tertiary/aromatic N) is 5. The van der Waals surface area contributed by atoms with Crippen molar-refractivity contribution in [1.29, 1.82) is 0 Å². The van der Waals surface area contributed by atoms with Crippen LogP contribution in [0.25, 0.3) is 0 Å². The van der Waals surface area contributed by atoms with Gasteiger partial charge in [-0.05, 0) is 30.7 Å². The number of aliphatic imine (C=N–C) groups is 1. The standard InChI is InChI=1S/C29H46F2N6O3SSi2/c1-27(2,3)24(40-12-13-42(4,5)6)37(26(38)39)25-33-29(17-30,20-14-19(32)10-11-21(20)31)22-15-28(22,41-25)18-36-16-23(34-35-36)43(7,8)9/h10-11,14,16,22,24H,12-13,15,17-18,32H2,1-9H3,(H,38,39)/t22-,24?,28-,29-/m1/s1. The highest BCUT2D eigenvalue weighted by Crippen LogP contribution is 2.67. The van der Waals surface area contributed by atoms with E-state index in [9.17, 15) is 9.90 Å². The van der Waals surface area contributed by atoms with Gasteiger partial charge in [0.05, 0.1) is 11.9 Å². The van der Waals surface area contributed by atoms with E-state index in [4.69, 9.17) is 15.5 Å². The molecule has 0 saturated heterocycles. The van der Waals surface area contributed by atoms with Crippen molar-refractivity contribution in [2.75, 3.05) is 19.0 Å². The van der Waals surface area contributed by atoms with Gasteiger partial charge in [-0.25, -0.2) is 23.5 Å². The molecular formula is C29H46F2N6O3SSi2. The Bertz CT molecular complexity index is 1390. The second-order valence-electron chi connectivity index (χ2n) is 15.2. The van der Waals surface area contributed by atoms with Gasteiger partial charge in [0.2, 0.25) is 0 Å². The van der Waals surface area contributed by atoms with Crippen LogP contribution in [0, 0.1) is 17.2 Å². The smallest absolute Gasteiger partial charge is 0.415 e. The van der Waals surface area contributed by atoms with Gasteiger partial charge in [0.25, 0.3) is 0 Å². The zero-order valence-corrected chi connectivity index (χ0v) is 29.6. The molecule has 4 rings (SSSR count). The number of aromatic nitrogens is 3. The fourth-order valence-corrected chi connectivity index (χ4v) is 8.79. The predicted octanol–water partition coefficient (Wildman–Crippen LogP) is 5.98. The molecule has 14 heteroatoms. The van der Waals surface area contributed by atoms with E-state index in [2.05, 4.69) is 49.6 Å². The highest BCUT2D eigenvalue weighted by molar-refractivity contribution is 8.15. The fourth-order valence-electron chi connectivity index (χ4n) is 5.55. The summed E-state index contributed by atoms with van der Waals surface area (Å²) < 4.78 is 38.4. The van der Waals surface area contributed by atoms with Crippen LogP contribution in [0.2, 0.25) is 45.3 Å². The molecule has 0 radical (unpaired) electrons. The number of thioether (sulfide) groups is 1. The number of amidine groups is 1. The molecule has 3 N–H and O–H groups in total. The average Bonchev–Trinajstić information content (AvgIpc) is 3.38. The lowest BCUT2D eigenvalue weighted by Gasteiger charge is -2.43. The summed E-state index contributed by atoms with van der Waals surface area (Å²) in [5, 5.41) is 20.4. The highest BCUT2D eigenvalue weighted by atomic mass is 32.2. The second kappa shape index (κ2) is 11.6. The van der Waals surface area contributed by atoms with Gasteiger partial charge in [-0.1, -0.05) is 77.0 Å². The maximum Gasteiger partial charge on any atom is 0.415 e. The molecule has 238 valence electrons. The van der Waals surface area contributed by atoms with Crippen molar-refractivity contribution >= 4 is 50.2 Å². The maximum atomic E-state index is 15.5. The van der Waals surface area contributed by atoms with Crippen LogP contribution in [-0.4, -0.2) is 76.7 Å². The largest absolute Gasteiger partial charge is 0.465 e. The molecule has 1 amide bonds. The van der Waals surface area contributed by atoms with Gasteiger partial charge in [0.15, 0.2) is 5.17 Å². The number of nitrogens with two attached hydrogens (primary N) is 1. The number of fused-ring (bicyclic) bond motifs is 1. The molecule has 0 spiro atoms. The minimum Gasteiger partial charge on any atom is -0.465 e. The minimum absolute atomic E-state index is 0.0263. The van der Waals surface area contributed by atoms with Gasteiger partial charge in [0.1, 0.15) is 32.3 Å². The first-order chi connectivity index (χ1) is 19.7. The van der Waals surface area contributed by atoms with Crippen LogP contribution >= 0.6 is 11.8 Å². The Kier molecular flexibility index (Phi) is 9.04. The van der Waals surface area contributed by atoms with Crippen molar-refractivity contribution < 1.29 is 23.4 Å². The van der Waals surface area contributed by atoms with E-state index in [1.807, 2.05) is 27.0 Å². The van der Waals surface area contributed by atoms with Crippen LogP contribution in [0.4, 0.5) is 19.3 Å². The van der Waals surface area contributed by atoms with Crippen LogP contribution in [0.15, 0.2) is 29.4 Å². The Balaban J connectivity index is 1.84. The summed E-state index contributed by atoms with van der Waals surface area (Å²) >= 11 is 1.29. The van der Waals surface area contributed by atoms with Crippen LogP contribution in [0.5, 0.6) is 0 Å². The zero-order valence-electron chi connectivity index (χ0n) is 26.7. The van der Waals surface area contributed by atoms with E-state index in [1.54, 1.807) is 4.68 Å². The summed E-state index contributed by atoms with van der Waals surface area (Å²) in [5.74, 6) is -1.06. The minimum atomic E-state index is -1.75. The van der Waals surface area contributed by atoms with Crippen molar-refractivity contribution in [3.8, 4) is 0 Å². The highest BCUT2D eigenvalue weighted by Gasteiger charge is 2.69. The third kappa shape index (κ3) is 7.01. The first-order valence-electron chi connectivity index (χ1n) is 14.7. The van der Waals surface area contributed by atoms with Crippen molar-refractivity contribution in [3.05, 3.63) is 35.8 Å². The molecule has 1 unspecified atom stereocenters. The number of carboxylic acid groups (broad SMARTS) is 1. The molecule has 0 bridgehead atoms. The lowest BCUT2D eigenvalue weighted by molar-refractivity contribution is -0.0761. The number of hydrogen-bond acceptors (Lipinski definition) is 7. The van der Waals surface area contributed by atoms with E-state index < -0.39 is 62.6 Å². The van der Waals surface area contributed by atoms with Crippen molar-refractivity contribution in [2.45, 2.75) is 95.6 Å². The molecular weight excluding hydrogens is 607 g/mol. The summed E-state index contributed by atoms with van der Waals surface area (Å²) in [6.07, 6.45) is 0.228. The third-order valence-electron chi connectivity index (χ3n) is 8.10. The predicted molar refractivity (Wildman–Crippen MR) is 175 cm³/mol. The number of nitrogen functional groups attached to an aromatic ring is 1. The molecule has 1 aromatic carbocycles. The number of halogens is 2. The Labute approximate surface area is 259 Å². The monoisotopic (exact) mass is 652 g/mol. The third-order valence-corrected chi connectivity index (χ3v) is 13.0. The van der Waals surface area contributed by atoms with Gasteiger partial charge in [0, 0.05) is 48.2 Å². The molecule has 1 saturated carbocycles. The number of alkyl halides is 1. The number of carbonyl (C=O) groups is 1. The van der Waals surface area contributed by atoms with Crippen LogP contribution in [0.3, 0.4) is 0 Å². The van der Waals surface area contributed by atoms with Crippen LogP contribution in [0.1, 0.15) is 32.8 Å². The van der Waals surface area contributed by atoms with Crippen LogP contribution < -0.4 is 11.1 Å². The fraction of sp³-hybridized carbons (Fsp3) is 0.655. The molecule has 2 heterocycles. The van der Waals surface area contributed by atoms with Gasteiger partial charge >= 0.3 is 6.09 Å². The van der Waals surface area contributed by atoms with Gasteiger partial charge < -0.3 is 15.6 Å². The van der Waals surface area contributed by atoms with E-state index in [1.165, 1.54) is 30.0 Å². The molecule has 1 aliphatic carbocycles. The topological polar surface area (TPSA) is 119 Å². The molecule has 4 atom stereocenters. The molecule has 9 nitrogen and oxygen atoms in total. The Hall–Kier alpha value is -2.30. The quantitative estimate of drug-likeness (QED) is 0.184. The summed E-state index contributed by atoms with van der Waals surface area (Å²) in [4.78, 5) is 19.0. The number of amides is 1. The van der Waals surface area contributed by atoms with E-state index >= 15 is 8.78 Å². The summed E-state index contributed by atoms with van der Waals surface area (Å²) in [7, 11) is -3.23. The van der Waals surface area contributed by atoms with Crippen molar-refractivity contribution in [2.24, 2.45) is 16.3 Å². The van der Waals surface area contributed by atoms with Gasteiger partial charge in [-0.3, -0.25) is 4.68 Å². The Morgan fingerprint density at radius 1 is 1.28 bits per heavy atom. The Morgan fingerprint density at radius 3 is 2.49 bits per heavy atom. The molecule has 1 aliphatic heterocycles. The van der Waals surface area contributed by atoms with Gasteiger partial charge in [-0.15, -0.1) is 5.10 Å². The summed E-state index contributed by atoms with van der Waals surface area (Å²) in [6.45, 7) is 18.6. The van der Waals surface area contributed by atoms with E-state index in [-0.39, 0.29) is 16.4 Å². The normalized spacial score (nSPS) is 24.7. The first kappa shape index (κ1) is 33.6. The van der Waals surface area contributed by atoms with Gasteiger partial charge in [-0.2, -0.15) is 0 Å². The van der Waals surface area contributed by atoms with E-state index in [0.29, 0.717) is 19.6 Å². The zero-order chi connectivity index (χ0) is 32.2. The van der Waals surface area contributed by atoms with E-state index in [0.717, 1.165) is 16.3 Å². The first-order valence-corrected chi connectivity index (χ1v) is 22.7. The SMILES string of the molecule is CC(C)(C)C(OCC[Si](C)(C)C)N(C(=O)O)C1=N[C@](CF)(c2cc(N)ccc2F)[C@@H]2C[C@]2(Cn2cc([Si](C)(C)C)nn2)S1. The summed E-state index contributed by atoms with van der Waals surface area (Å²) in [6, 6.07) is 4.90. The molecule has 2 aromatic rings. The molecule has 43 heavy (non-hydrogen) atoms. The Morgan fingerprint density at radius 2 is 1.95 bits per heavy atom. The molecule has 1 aromatic heterocycles. The summed E-state index contributed by atoms with van der Waals surface area (Å²) in [5.41, 5.74) is 4.05. The average molecular weight is 653 g/mol. The number of benzene rings is 1. The maximum absolute atomic E-state index is 15.5. The number of ether oxygens (including phenoxy) is 1. The number of anilines is 1. The number of rotatable bonds is 10.